The van der Waals surface area contributed by atoms with E-state index in [0.717, 1.165) is 11.1 Å². The number of carbonyl (C=O) groups is 1. The smallest absolute Gasteiger partial charge is 0.257 e. The van der Waals surface area contributed by atoms with Crippen LogP contribution >= 0.6 is 23.3 Å². The van der Waals surface area contributed by atoms with Gasteiger partial charge >= 0.3 is 0 Å². The lowest BCUT2D eigenvalue weighted by atomic mass is 9.87. The lowest BCUT2D eigenvalue weighted by Crippen LogP contribution is -2.42. The Morgan fingerprint density at radius 2 is 2.06 bits per heavy atom. The van der Waals surface area contributed by atoms with Crippen LogP contribution in [0.25, 0.3) is 0 Å². The maximum atomic E-state index is 14.5. The van der Waals surface area contributed by atoms with E-state index in [4.69, 9.17) is 4.99 Å². The number of nitrogens with zero attached hydrogens (tertiary/aromatic N) is 5. The predicted molar refractivity (Wildman–Crippen MR) is 129 cm³/mol. The molecule has 3 aromatic rings. The second kappa shape index (κ2) is 8.70. The second-order valence-electron chi connectivity index (χ2n) is 8.77. The van der Waals surface area contributed by atoms with E-state index in [1.54, 1.807) is 18.3 Å². The third-order valence-electron chi connectivity index (χ3n) is 5.97. The van der Waals surface area contributed by atoms with Gasteiger partial charge in [-0.2, -0.15) is 0 Å². The molecule has 0 saturated carbocycles. The summed E-state index contributed by atoms with van der Waals surface area (Å²) in [7, 11) is 0. The van der Waals surface area contributed by atoms with Crippen LogP contribution in [0.4, 0.5) is 14.7 Å². The Morgan fingerprint density at radius 3 is 2.76 bits per heavy atom. The first-order chi connectivity index (χ1) is 16.3. The summed E-state index contributed by atoms with van der Waals surface area (Å²) in [6.07, 6.45) is 2.75. The van der Waals surface area contributed by atoms with Crippen molar-refractivity contribution in [3.8, 4) is 0 Å². The third-order valence-corrected chi connectivity index (χ3v) is 7.92. The SMILES string of the molecule is CC(C)(F)c1nc(N2C[C@H]3CSC(NC(=O)c4ccccc4)=N[C@@]3(c3ccns3)C2)ncc1F. The standard InChI is InChI=1S/C23H22F2N6OS2/c1-22(2,25)18-16(24)10-26-20(28-18)31-11-15-12-33-21(29-19(32)14-6-4-3-5-7-14)30-23(15,13-31)17-8-9-27-34-17/h3-10,15H,11-13H2,1-2H3,(H,29,30,32)/t15-,23-/m0/s1. The number of fused-ring (bicyclic) bond motifs is 1. The molecule has 0 aliphatic carbocycles. The minimum absolute atomic E-state index is 0.0748. The molecule has 11 heteroatoms. The zero-order valence-electron chi connectivity index (χ0n) is 18.5. The molecule has 2 aromatic heterocycles. The molecule has 1 aromatic carbocycles. The van der Waals surface area contributed by atoms with Crippen molar-refractivity contribution in [2.45, 2.75) is 25.1 Å². The van der Waals surface area contributed by atoms with Crippen LogP contribution < -0.4 is 10.2 Å². The molecule has 7 nitrogen and oxygen atoms in total. The molecule has 176 valence electrons. The molecule has 5 rings (SSSR count). The van der Waals surface area contributed by atoms with E-state index in [2.05, 4.69) is 19.7 Å². The highest BCUT2D eigenvalue weighted by Gasteiger charge is 2.52. The van der Waals surface area contributed by atoms with Crippen LogP contribution in [-0.2, 0) is 11.2 Å². The molecule has 0 bridgehead atoms. The minimum Gasteiger partial charge on any atom is -0.338 e. The number of halogens is 2. The summed E-state index contributed by atoms with van der Waals surface area (Å²) in [5.41, 5.74) is -2.33. The van der Waals surface area contributed by atoms with Crippen LogP contribution in [0.15, 0.2) is 53.8 Å². The van der Waals surface area contributed by atoms with E-state index in [1.807, 2.05) is 29.2 Å². The summed E-state index contributed by atoms with van der Waals surface area (Å²) in [6, 6.07) is 10.9. The number of alkyl halides is 1. The van der Waals surface area contributed by atoms with E-state index in [0.29, 0.717) is 29.6 Å². The quantitative estimate of drug-likeness (QED) is 0.580. The molecule has 0 spiro atoms. The zero-order chi connectivity index (χ0) is 23.9. The number of anilines is 1. The highest BCUT2D eigenvalue weighted by molar-refractivity contribution is 8.13. The van der Waals surface area contributed by atoms with E-state index < -0.39 is 17.0 Å². The van der Waals surface area contributed by atoms with Gasteiger partial charge in [0, 0.05) is 30.0 Å². The van der Waals surface area contributed by atoms with Gasteiger partial charge in [-0.15, -0.1) is 0 Å². The van der Waals surface area contributed by atoms with E-state index in [9.17, 15) is 13.6 Å². The number of amidine groups is 1. The van der Waals surface area contributed by atoms with Gasteiger partial charge in [0.05, 0.1) is 17.6 Å². The lowest BCUT2D eigenvalue weighted by Gasteiger charge is -2.33. The molecule has 4 heterocycles. The average molecular weight is 501 g/mol. The van der Waals surface area contributed by atoms with Crippen LogP contribution in [0, 0.1) is 11.7 Å². The molecule has 1 saturated heterocycles. The average Bonchev–Trinajstić information content (AvgIpc) is 3.48. The Morgan fingerprint density at radius 1 is 1.26 bits per heavy atom. The topological polar surface area (TPSA) is 83.4 Å². The van der Waals surface area contributed by atoms with Gasteiger partial charge in [0.2, 0.25) is 5.95 Å². The maximum Gasteiger partial charge on any atom is 0.257 e. The summed E-state index contributed by atoms with van der Waals surface area (Å²) in [5.74, 6) is 0.0347. The number of aromatic nitrogens is 3. The van der Waals surface area contributed by atoms with E-state index in [-0.39, 0.29) is 23.5 Å². The van der Waals surface area contributed by atoms with Gasteiger partial charge in [-0.25, -0.2) is 28.1 Å². The normalized spacial score (nSPS) is 22.3. The Kier molecular flexibility index (Phi) is 5.85. The number of thioether (sulfide) groups is 1. The third kappa shape index (κ3) is 4.18. The van der Waals surface area contributed by atoms with Crippen LogP contribution in [0.5, 0.6) is 0 Å². The predicted octanol–water partition coefficient (Wildman–Crippen LogP) is 4.14. The number of aliphatic imine (C=N–C) groups is 1. The van der Waals surface area contributed by atoms with Crippen molar-refractivity contribution in [3.63, 3.8) is 0 Å². The fraction of sp³-hybridized carbons (Fsp3) is 0.348. The van der Waals surface area contributed by atoms with Gasteiger partial charge < -0.3 is 10.2 Å². The van der Waals surface area contributed by atoms with Gasteiger partial charge in [-0.1, -0.05) is 30.0 Å². The maximum absolute atomic E-state index is 14.5. The number of hydrogen-bond acceptors (Lipinski definition) is 8. The van der Waals surface area contributed by atoms with Crippen LogP contribution in [0.1, 0.15) is 34.8 Å². The molecular weight excluding hydrogens is 478 g/mol. The number of benzene rings is 1. The van der Waals surface area contributed by atoms with Crippen molar-refractivity contribution in [2.75, 3.05) is 23.7 Å². The molecule has 2 aliphatic heterocycles. The van der Waals surface area contributed by atoms with Gasteiger partial charge in [0.1, 0.15) is 16.9 Å². The van der Waals surface area contributed by atoms with Crippen molar-refractivity contribution in [3.05, 3.63) is 70.7 Å². The zero-order valence-corrected chi connectivity index (χ0v) is 20.2. The second-order valence-corrected chi connectivity index (χ2v) is 10.6. The number of hydrogen-bond donors (Lipinski definition) is 1. The van der Waals surface area contributed by atoms with Crippen molar-refractivity contribution < 1.29 is 13.6 Å². The number of nitrogens with one attached hydrogen (secondary N) is 1. The largest absolute Gasteiger partial charge is 0.338 e. The van der Waals surface area contributed by atoms with Gasteiger partial charge in [0.15, 0.2) is 11.0 Å². The van der Waals surface area contributed by atoms with E-state index in [1.165, 1.54) is 37.1 Å². The highest BCUT2D eigenvalue weighted by atomic mass is 32.2. The summed E-state index contributed by atoms with van der Waals surface area (Å²) in [5, 5.41) is 3.47. The molecule has 2 atom stereocenters. The Bertz CT molecular complexity index is 1230. The van der Waals surface area contributed by atoms with Crippen LogP contribution in [-0.4, -0.2) is 44.3 Å². The lowest BCUT2D eigenvalue weighted by molar-refractivity contribution is 0.0977. The highest BCUT2D eigenvalue weighted by Crippen LogP contribution is 2.47. The Balaban J connectivity index is 1.48. The molecule has 34 heavy (non-hydrogen) atoms. The van der Waals surface area contributed by atoms with Gasteiger partial charge in [-0.3, -0.25) is 4.79 Å². The summed E-state index contributed by atoms with van der Waals surface area (Å²) >= 11 is 2.83. The monoisotopic (exact) mass is 500 g/mol. The summed E-state index contributed by atoms with van der Waals surface area (Å²) in [6.45, 7) is 3.51. The number of carbonyl (C=O) groups excluding carboxylic acids is 1. The Labute approximate surface area is 203 Å². The molecule has 1 amide bonds. The molecule has 1 N–H and O–H groups in total. The van der Waals surface area contributed by atoms with Crippen LogP contribution in [0.3, 0.4) is 0 Å². The number of rotatable bonds is 4. The summed E-state index contributed by atoms with van der Waals surface area (Å²) in [4.78, 5) is 29.0. The first-order valence-electron chi connectivity index (χ1n) is 10.7. The number of amides is 1. The fourth-order valence-corrected chi connectivity index (χ4v) is 6.21. The van der Waals surface area contributed by atoms with Crippen molar-refractivity contribution in [1.82, 2.24) is 19.7 Å². The molecule has 0 unspecified atom stereocenters. The van der Waals surface area contributed by atoms with Gasteiger partial charge in [-0.05, 0) is 43.6 Å². The Hall–Kier alpha value is -2.92. The first-order valence-corrected chi connectivity index (χ1v) is 12.5. The van der Waals surface area contributed by atoms with E-state index >= 15 is 0 Å². The van der Waals surface area contributed by atoms with Crippen molar-refractivity contribution >= 4 is 40.3 Å². The molecule has 0 radical (unpaired) electrons. The van der Waals surface area contributed by atoms with Crippen LogP contribution in [0.2, 0.25) is 0 Å². The minimum atomic E-state index is -1.94. The molecular formula is C23H22F2N6OS2. The summed E-state index contributed by atoms with van der Waals surface area (Å²) < 4.78 is 33.0. The van der Waals surface area contributed by atoms with Crippen molar-refractivity contribution in [2.24, 2.45) is 10.9 Å². The van der Waals surface area contributed by atoms with Gasteiger partial charge in [0.25, 0.3) is 5.91 Å². The first kappa shape index (κ1) is 22.9. The molecule has 1 fully saturated rings. The van der Waals surface area contributed by atoms with Crippen molar-refractivity contribution in [1.29, 1.82) is 0 Å². The molecule has 2 aliphatic rings. The fourth-order valence-electron chi connectivity index (χ4n) is 4.29.